The summed E-state index contributed by atoms with van der Waals surface area (Å²) in [5, 5.41) is 14.1. The Bertz CT molecular complexity index is 736. The number of halogens is 1. The highest BCUT2D eigenvalue weighted by atomic mass is 79.9. The van der Waals surface area contributed by atoms with Gasteiger partial charge in [-0.25, -0.2) is 0 Å². The van der Waals surface area contributed by atoms with Crippen LogP contribution >= 0.6 is 15.9 Å². The summed E-state index contributed by atoms with van der Waals surface area (Å²) in [5.41, 5.74) is 1.26. The fourth-order valence-electron chi connectivity index (χ4n) is 1.75. The molecule has 0 unspecified atom stereocenters. The maximum absolute atomic E-state index is 11.9. The molecule has 2 aromatic carbocycles. The van der Waals surface area contributed by atoms with E-state index in [4.69, 9.17) is 5.26 Å². The van der Waals surface area contributed by atoms with Gasteiger partial charge in [-0.05, 0) is 36.4 Å². The molecule has 0 saturated carbocycles. The highest BCUT2D eigenvalue weighted by Crippen LogP contribution is 2.13. The number of benzene rings is 2. The van der Waals surface area contributed by atoms with Gasteiger partial charge in [0.1, 0.15) is 6.07 Å². The maximum atomic E-state index is 11.9. The van der Waals surface area contributed by atoms with Gasteiger partial charge in [-0.2, -0.15) is 5.26 Å². The summed E-state index contributed by atoms with van der Waals surface area (Å²) in [6, 6.07) is 15.5. The minimum absolute atomic E-state index is 0.172. The van der Waals surface area contributed by atoms with Crippen molar-refractivity contribution in [2.75, 3.05) is 11.9 Å². The van der Waals surface area contributed by atoms with Crippen molar-refractivity contribution in [1.29, 1.82) is 5.26 Å². The van der Waals surface area contributed by atoms with E-state index in [0.717, 1.165) is 4.47 Å². The van der Waals surface area contributed by atoms with Crippen molar-refractivity contribution >= 4 is 33.4 Å². The van der Waals surface area contributed by atoms with E-state index in [1.807, 2.05) is 6.07 Å². The van der Waals surface area contributed by atoms with Gasteiger partial charge in [0.25, 0.3) is 5.91 Å². The molecule has 0 bridgehead atoms. The zero-order chi connectivity index (χ0) is 15.9. The van der Waals surface area contributed by atoms with Crippen LogP contribution < -0.4 is 10.6 Å². The molecule has 2 aromatic rings. The zero-order valence-electron chi connectivity index (χ0n) is 11.5. The van der Waals surface area contributed by atoms with Crippen molar-refractivity contribution in [3.8, 4) is 6.07 Å². The third-order valence-corrected chi connectivity index (χ3v) is 3.37. The number of carbonyl (C=O) groups is 2. The Morgan fingerprint density at radius 1 is 1.09 bits per heavy atom. The third kappa shape index (κ3) is 4.17. The molecule has 0 aliphatic carbocycles. The Kier molecular flexibility index (Phi) is 5.28. The molecule has 0 atom stereocenters. The second-order valence-corrected chi connectivity index (χ2v) is 5.31. The first-order chi connectivity index (χ1) is 10.6. The molecule has 110 valence electrons. The van der Waals surface area contributed by atoms with Gasteiger partial charge < -0.3 is 10.6 Å². The fourth-order valence-corrected chi connectivity index (χ4v) is 2.01. The lowest BCUT2D eigenvalue weighted by Gasteiger charge is -2.08. The summed E-state index contributed by atoms with van der Waals surface area (Å²) in [7, 11) is 0. The zero-order valence-corrected chi connectivity index (χ0v) is 13.1. The number of carbonyl (C=O) groups excluding carboxylic acids is 2. The van der Waals surface area contributed by atoms with Gasteiger partial charge in [-0.3, -0.25) is 9.59 Å². The molecule has 6 heteroatoms. The highest BCUT2D eigenvalue weighted by Gasteiger charge is 2.09. The van der Waals surface area contributed by atoms with Gasteiger partial charge in [0.05, 0.1) is 17.8 Å². The van der Waals surface area contributed by atoms with Crippen molar-refractivity contribution < 1.29 is 9.59 Å². The molecule has 0 aliphatic rings. The Hall–Kier alpha value is -2.65. The lowest BCUT2D eigenvalue weighted by atomic mass is 10.2. The standard InChI is InChI=1S/C16H12BrN3O2/c17-13-7-5-11(6-8-13)16(22)19-10-15(21)20-14-4-2-1-3-12(14)9-18/h1-8H,10H2,(H,19,22)(H,20,21). The van der Waals surface area contributed by atoms with Crippen LogP contribution in [-0.4, -0.2) is 18.4 Å². The summed E-state index contributed by atoms with van der Waals surface area (Å²) in [6.07, 6.45) is 0. The minimum atomic E-state index is -0.395. The second kappa shape index (κ2) is 7.38. The van der Waals surface area contributed by atoms with Crippen LogP contribution in [0.5, 0.6) is 0 Å². The summed E-state index contributed by atoms with van der Waals surface area (Å²) in [4.78, 5) is 23.7. The number of hydrogen-bond donors (Lipinski definition) is 2. The van der Waals surface area contributed by atoms with E-state index in [2.05, 4.69) is 26.6 Å². The molecular formula is C16H12BrN3O2. The fraction of sp³-hybridized carbons (Fsp3) is 0.0625. The summed E-state index contributed by atoms with van der Waals surface area (Å²) in [6.45, 7) is -0.172. The maximum Gasteiger partial charge on any atom is 0.251 e. The Balaban J connectivity index is 1.91. The molecule has 22 heavy (non-hydrogen) atoms. The van der Waals surface area contributed by atoms with Crippen molar-refractivity contribution in [2.24, 2.45) is 0 Å². The Morgan fingerprint density at radius 3 is 2.45 bits per heavy atom. The molecule has 0 spiro atoms. The van der Waals surface area contributed by atoms with E-state index in [9.17, 15) is 9.59 Å². The lowest BCUT2D eigenvalue weighted by molar-refractivity contribution is -0.115. The van der Waals surface area contributed by atoms with E-state index >= 15 is 0 Å². The minimum Gasteiger partial charge on any atom is -0.343 e. The molecular weight excluding hydrogens is 346 g/mol. The number of hydrogen-bond acceptors (Lipinski definition) is 3. The number of nitrogens with one attached hydrogen (secondary N) is 2. The largest absolute Gasteiger partial charge is 0.343 e. The molecule has 0 aliphatic heterocycles. The number of amides is 2. The number of rotatable bonds is 4. The van der Waals surface area contributed by atoms with Gasteiger partial charge in [-0.1, -0.05) is 28.1 Å². The number of nitrogens with zero attached hydrogens (tertiary/aromatic N) is 1. The average molecular weight is 358 g/mol. The molecule has 0 fully saturated rings. The van der Waals surface area contributed by atoms with Gasteiger partial charge in [0, 0.05) is 10.0 Å². The Labute approximate surface area is 136 Å². The molecule has 5 nitrogen and oxygen atoms in total. The molecule has 0 radical (unpaired) electrons. The van der Waals surface area contributed by atoms with E-state index in [1.165, 1.54) is 0 Å². The van der Waals surface area contributed by atoms with Gasteiger partial charge in [0.15, 0.2) is 0 Å². The van der Waals surface area contributed by atoms with Crippen molar-refractivity contribution in [1.82, 2.24) is 5.32 Å². The van der Waals surface area contributed by atoms with Crippen LogP contribution in [0.25, 0.3) is 0 Å². The van der Waals surface area contributed by atoms with Crippen LogP contribution in [0.2, 0.25) is 0 Å². The topological polar surface area (TPSA) is 82.0 Å². The van der Waals surface area contributed by atoms with Gasteiger partial charge in [-0.15, -0.1) is 0 Å². The first-order valence-corrected chi connectivity index (χ1v) is 7.22. The summed E-state index contributed by atoms with van der Waals surface area (Å²) in [5.74, 6) is -0.732. The highest BCUT2D eigenvalue weighted by molar-refractivity contribution is 9.10. The predicted octanol–water partition coefficient (Wildman–Crippen LogP) is 2.69. The van der Waals surface area contributed by atoms with Crippen LogP contribution in [0.3, 0.4) is 0 Å². The number of para-hydroxylation sites is 1. The van der Waals surface area contributed by atoms with Crippen LogP contribution in [-0.2, 0) is 4.79 Å². The van der Waals surface area contributed by atoms with Crippen molar-refractivity contribution in [3.63, 3.8) is 0 Å². The lowest BCUT2D eigenvalue weighted by Crippen LogP contribution is -2.32. The quantitative estimate of drug-likeness (QED) is 0.882. The first kappa shape index (κ1) is 15.7. The second-order valence-electron chi connectivity index (χ2n) is 4.40. The van der Waals surface area contributed by atoms with Crippen LogP contribution in [0.1, 0.15) is 15.9 Å². The Morgan fingerprint density at radius 2 is 1.77 bits per heavy atom. The third-order valence-electron chi connectivity index (χ3n) is 2.84. The smallest absolute Gasteiger partial charge is 0.251 e. The van der Waals surface area contributed by atoms with Crippen molar-refractivity contribution in [2.45, 2.75) is 0 Å². The summed E-state index contributed by atoms with van der Waals surface area (Å²) >= 11 is 3.29. The normalized spacial score (nSPS) is 9.64. The summed E-state index contributed by atoms with van der Waals surface area (Å²) < 4.78 is 0.870. The molecule has 0 heterocycles. The SMILES string of the molecule is N#Cc1ccccc1NC(=O)CNC(=O)c1ccc(Br)cc1. The molecule has 0 aromatic heterocycles. The van der Waals surface area contributed by atoms with E-state index < -0.39 is 5.91 Å². The van der Waals surface area contributed by atoms with Crippen molar-refractivity contribution in [3.05, 3.63) is 64.1 Å². The van der Waals surface area contributed by atoms with Gasteiger partial charge >= 0.3 is 0 Å². The van der Waals surface area contributed by atoms with Gasteiger partial charge in [0.2, 0.25) is 5.91 Å². The van der Waals surface area contributed by atoms with Crippen LogP contribution in [0.15, 0.2) is 53.0 Å². The number of nitriles is 1. The van der Waals surface area contributed by atoms with Crippen LogP contribution in [0, 0.1) is 11.3 Å². The predicted molar refractivity (Wildman–Crippen MR) is 86.3 cm³/mol. The molecule has 2 amide bonds. The van der Waals surface area contributed by atoms with Crippen LogP contribution in [0.4, 0.5) is 5.69 Å². The van der Waals surface area contributed by atoms with E-state index in [1.54, 1.807) is 48.5 Å². The van der Waals surface area contributed by atoms with E-state index in [-0.39, 0.29) is 12.5 Å². The molecule has 0 saturated heterocycles. The number of anilines is 1. The molecule has 2 N–H and O–H groups in total. The first-order valence-electron chi connectivity index (χ1n) is 6.43. The molecule has 2 rings (SSSR count). The van der Waals surface area contributed by atoms with E-state index in [0.29, 0.717) is 16.8 Å². The average Bonchev–Trinajstić information content (AvgIpc) is 2.54. The monoisotopic (exact) mass is 357 g/mol.